The molecule has 0 saturated heterocycles. The lowest BCUT2D eigenvalue weighted by atomic mass is 10.1. The molecule has 8 heteroatoms. The number of hydrogen-bond donors (Lipinski definition) is 2. The summed E-state index contributed by atoms with van der Waals surface area (Å²) >= 11 is 0. The lowest BCUT2D eigenvalue weighted by molar-refractivity contribution is 0.585. The van der Waals surface area contributed by atoms with Gasteiger partial charge in [-0.25, -0.2) is 9.67 Å². The van der Waals surface area contributed by atoms with Gasteiger partial charge in [-0.05, 0) is 50.5 Å². The second-order valence-corrected chi connectivity index (χ2v) is 6.79. The van der Waals surface area contributed by atoms with E-state index in [1.807, 2.05) is 36.3 Å². The molecule has 3 rings (SSSR count). The number of aromatic nitrogens is 4. The number of guanidine groups is 1. The SMILES string of the molecule is CN=C(NCCCCn1ccnc1C)NC(C)c1cccc(-n2cccn2)c1.I. The van der Waals surface area contributed by atoms with Crippen molar-refractivity contribution in [1.29, 1.82) is 0 Å². The van der Waals surface area contributed by atoms with E-state index in [2.05, 4.69) is 61.5 Å². The fourth-order valence-corrected chi connectivity index (χ4v) is 3.10. The van der Waals surface area contributed by atoms with Crippen LogP contribution in [-0.4, -0.2) is 38.9 Å². The molecule has 0 fully saturated rings. The summed E-state index contributed by atoms with van der Waals surface area (Å²) in [6.07, 6.45) is 9.78. The van der Waals surface area contributed by atoms with Crippen LogP contribution in [-0.2, 0) is 6.54 Å². The highest BCUT2D eigenvalue weighted by Gasteiger charge is 2.09. The van der Waals surface area contributed by atoms with Gasteiger partial charge in [-0.2, -0.15) is 5.10 Å². The molecule has 29 heavy (non-hydrogen) atoms. The molecule has 156 valence electrons. The first-order valence-electron chi connectivity index (χ1n) is 9.72. The zero-order valence-corrected chi connectivity index (χ0v) is 19.6. The van der Waals surface area contributed by atoms with Gasteiger partial charge in [-0.3, -0.25) is 4.99 Å². The van der Waals surface area contributed by atoms with Gasteiger partial charge in [0.1, 0.15) is 5.82 Å². The predicted octanol–water partition coefficient (Wildman–Crippen LogP) is 3.70. The van der Waals surface area contributed by atoms with Crippen LogP contribution in [0.25, 0.3) is 5.69 Å². The van der Waals surface area contributed by atoms with Crippen LogP contribution in [0.1, 0.15) is 37.2 Å². The summed E-state index contributed by atoms with van der Waals surface area (Å²) < 4.78 is 4.05. The van der Waals surface area contributed by atoms with Crippen LogP contribution in [0.2, 0.25) is 0 Å². The number of aliphatic imine (C=N–C) groups is 1. The molecule has 0 spiro atoms. The Balaban J connectivity index is 0.00000300. The van der Waals surface area contributed by atoms with Crippen LogP contribution < -0.4 is 10.6 Å². The van der Waals surface area contributed by atoms with Crippen LogP contribution in [0.3, 0.4) is 0 Å². The van der Waals surface area contributed by atoms with Gasteiger partial charge in [0.15, 0.2) is 5.96 Å². The van der Waals surface area contributed by atoms with Crippen LogP contribution in [0.5, 0.6) is 0 Å². The molecule has 2 aromatic heterocycles. The Labute approximate surface area is 189 Å². The third kappa shape index (κ3) is 6.59. The Bertz CT molecular complexity index is 886. The van der Waals surface area contributed by atoms with Gasteiger partial charge in [-0.1, -0.05) is 12.1 Å². The van der Waals surface area contributed by atoms with Crippen molar-refractivity contribution >= 4 is 29.9 Å². The van der Waals surface area contributed by atoms with E-state index in [4.69, 9.17) is 0 Å². The maximum absolute atomic E-state index is 4.35. The summed E-state index contributed by atoms with van der Waals surface area (Å²) in [4.78, 5) is 8.60. The fraction of sp³-hybridized carbons (Fsp3) is 0.381. The van der Waals surface area contributed by atoms with Crippen molar-refractivity contribution in [2.24, 2.45) is 4.99 Å². The molecule has 2 N–H and O–H groups in total. The highest BCUT2D eigenvalue weighted by molar-refractivity contribution is 14.0. The molecule has 1 atom stereocenters. The molecular weight excluding hydrogens is 477 g/mol. The summed E-state index contributed by atoms with van der Waals surface area (Å²) in [5.41, 5.74) is 2.24. The minimum Gasteiger partial charge on any atom is -0.356 e. The van der Waals surface area contributed by atoms with Crippen molar-refractivity contribution in [3.8, 4) is 5.69 Å². The number of imidazole rings is 1. The minimum atomic E-state index is 0. The van der Waals surface area contributed by atoms with E-state index in [1.54, 1.807) is 13.2 Å². The molecule has 1 aromatic carbocycles. The number of aryl methyl sites for hydroxylation is 2. The Morgan fingerprint density at radius 3 is 2.72 bits per heavy atom. The number of unbranched alkanes of at least 4 members (excludes halogenated alkanes) is 1. The number of benzene rings is 1. The highest BCUT2D eigenvalue weighted by atomic mass is 127. The lowest BCUT2D eigenvalue weighted by Gasteiger charge is -2.19. The molecule has 0 radical (unpaired) electrons. The maximum atomic E-state index is 4.35. The standard InChI is InChI=1S/C21H29N7.HI/c1-17(19-8-6-9-20(16-19)28-14-7-11-25-28)26-21(22-3)24-10-4-5-13-27-15-12-23-18(27)2;/h6-9,11-12,14-17H,4-5,10,13H2,1-3H3,(H2,22,24,26);1H. The summed E-state index contributed by atoms with van der Waals surface area (Å²) in [6.45, 7) is 6.05. The highest BCUT2D eigenvalue weighted by Crippen LogP contribution is 2.16. The number of nitrogens with one attached hydrogen (secondary N) is 2. The first kappa shape index (κ1) is 22.9. The van der Waals surface area contributed by atoms with Crippen molar-refractivity contribution in [2.45, 2.75) is 39.3 Å². The van der Waals surface area contributed by atoms with E-state index < -0.39 is 0 Å². The van der Waals surface area contributed by atoms with E-state index in [9.17, 15) is 0 Å². The summed E-state index contributed by atoms with van der Waals surface area (Å²) in [5, 5.41) is 11.2. The molecule has 2 heterocycles. The Hall–Kier alpha value is -2.36. The van der Waals surface area contributed by atoms with Crippen LogP contribution >= 0.6 is 24.0 Å². The van der Waals surface area contributed by atoms with Crippen LogP contribution in [0, 0.1) is 6.92 Å². The third-order valence-corrected chi connectivity index (χ3v) is 4.76. The Kier molecular flexibility index (Phi) is 9.17. The molecule has 0 amide bonds. The quantitative estimate of drug-likeness (QED) is 0.211. The van der Waals surface area contributed by atoms with Crippen molar-refractivity contribution < 1.29 is 0 Å². The smallest absolute Gasteiger partial charge is 0.191 e. The molecule has 3 aromatic rings. The molecule has 1 unspecified atom stereocenters. The average molecular weight is 507 g/mol. The minimum absolute atomic E-state index is 0. The monoisotopic (exact) mass is 507 g/mol. The molecule has 7 nitrogen and oxygen atoms in total. The van der Waals surface area contributed by atoms with Gasteiger partial charge in [0, 0.05) is 44.9 Å². The second-order valence-electron chi connectivity index (χ2n) is 6.79. The normalized spacial score (nSPS) is 12.3. The van der Waals surface area contributed by atoms with E-state index in [-0.39, 0.29) is 30.0 Å². The summed E-state index contributed by atoms with van der Waals surface area (Å²) in [5.74, 6) is 1.88. The van der Waals surface area contributed by atoms with Gasteiger partial charge in [-0.15, -0.1) is 24.0 Å². The van der Waals surface area contributed by atoms with Gasteiger partial charge < -0.3 is 15.2 Å². The fourth-order valence-electron chi connectivity index (χ4n) is 3.10. The number of halogens is 1. The molecular formula is C21H30IN7. The molecule has 0 aliphatic carbocycles. The van der Waals surface area contributed by atoms with E-state index in [0.29, 0.717) is 0 Å². The van der Waals surface area contributed by atoms with Gasteiger partial charge in [0.05, 0.1) is 11.7 Å². The summed E-state index contributed by atoms with van der Waals surface area (Å²) in [6, 6.07) is 10.4. The van der Waals surface area contributed by atoms with Crippen LogP contribution in [0.4, 0.5) is 0 Å². The number of hydrogen-bond acceptors (Lipinski definition) is 3. The van der Waals surface area contributed by atoms with E-state index in [0.717, 1.165) is 43.4 Å². The molecule has 0 bridgehead atoms. The van der Waals surface area contributed by atoms with Crippen LogP contribution in [0.15, 0.2) is 60.1 Å². The first-order chi connectivity index (χ1) is 13.7. The van der Waals surface area contributed by atoms with E-state index >= 15 is 0 Å². The lowest BCUT2D eigenvalue weighted by Crippen LogP contribution is -2.39. The van der Waals surface area contributed by atoms with Crippen molar-refractivity contribution in [3.63, 3.8) is 0 Å². The molecule has 0 aliphatic rings. The zero-order valence-electron chi connectivity index (χ0n) is 17.2. The van der Waals surface area contributed by atoms with Crippen molar-refractivity contribution in [3.05, 3.63) is 66.5 Å². The largest absolute Gasteiger partial charge is 0.356 e. The Morgan fingerprint density at radius 1 is 1.17 bits per heavy atom. The van der Waals surface area contributed by atoms with E-state index in [1.165, 1.54) is 5.56 Å². The second kappa shape index (κ2) is 11.6. The summed E-state index contributed by atoms with van der Waals surface area (Å²) in [7, 11) is 1.80. The molecule has 0 aliphatic heterocycles. The number of nitrogens with zero attached hydrogens (tertiary/aromatic N) is 5. The average Bonchev–Trinajstić information content (AvgIpc) is 3.39. The van der Waals surface area contributed by atoms with Gasteiger partial charge in [0.2, 0.25) is 0 Å². The van der Waals surface area contributed by atoms with Gasteiger partial charge >= 0.3 is 0 Å². The topological polar surface area (TPSA) is 72.1 Å². The predicted molar refractivity (Wildman–Crippen MR) is 128 cm³/mol. The third-order valence-electron chi connectivity index (χ3n) is 4.76. The number of rotatable bonds is 8. The molecule has 0 saturated carbocycles. The van der Waals surface area contributed by atoms with Crippen molar-refractivity contribution in [2.75, 3.05) is 13.6 Å². The van der Waals surface area contributed by atoms with Gasteiger partial charge in [0.25, 0.3) is 0 Å². The van der Waals surface area contributed by atoms with Crippen molar-refractivity contribution in [1.82, 2.24) is 30.0 Å². The first-order valence-corrected chi connectivity index (χ1v) is 9.72. The zero-order chi connectivity index (χ0) is 19.8. The Morgan fingerprint density at radius 2 is 2.03 bits per heavy atom. The maximum Gasteiger partial charge on any atom is 0.191 e.